The van der Waals surface area contributed by atoms with Crippen LogP contribution in [0.3, 0.4) is 0 Å². The Bertz CT molecular complexity index is 901. The third-order valence-corrected chi connectivity index (χ3v) is 6.71. The molecule has 1 aromatic carbocycles. The summed E-state index contributed by atoms with van der Waals surface area (Å²) < 4.78 is 8.88. The fourth-order valence-corrected chi connectivity index (χ4v) is 4.80. The lowest BCUT2D eigenvalue weighted by Crippen LogP contribution is -2.53. The summed E-state index contributed by atoms with van der Waals surface area (Å²) in [7, 11) is 0. The minimum absolute atomic E-state index is 0.210. The molecule has 1 saturated carbocycles. The van der Waals surface area contributed by atoms with Gasteiger partial charge in [0.05, 0.1) is 12.1 Å². The van der Waals surface area contributed by atoms with Crippen molar-refractivity contribution >= 4 is 22.5 Å². The van der Waals surface area contributed by atoms with Crippen molar-refractivity contribution in [3.63, 3.8) is 0 Å². The number of anilines is 1. The summed E-state index contributed by atoms with van der Waals surface area (Å²) in [5.74, 6) is 2.81. The number of benzene rings is 1. The van der Waals surface area contributed by atoms with Crippen molar-refractivity contribution in [2.45, 2.75) is 58.9 Å². The Hall–Kier alpha value is -2.01. The van der Waals surface area contributed by atoms with Crippen LogP contribution in [0.2, 0.25) is 0 Å². The first-order valence-corrected chi connectivity index (χ1v) is 11.1. The number of nitrogens with zero attached hydrogens (tertiary/aromatic N) is 3. The van der Waals surface area contributed by atoms with Crippen molar-refractivity contribution in [3.8, 4) is 0 Å². The van der Waals surface area contributed by atoms with Crippen LogP contribution in [0.5, 0.6) is 0 Å². The highest BCUT2D eigenvalue weighted by atomic mass is 16.1. The van der Waals surface area contributed by atoms with Crippen LogP contribution in [0, 0.1) is 24.7 Å². The van der Waals surface area contributed by atoms with E-state index in [2.05, 4.69) is 34.0 Å². The molecule has 29 heavy (non-hydrogen) atoms. The molecule has 0 bridgehead atoms. The first-order chi connectivity index (χ1) is 14.3. The minimum atomic E-state index is -0.402. The van der Waals surface area contributed by atoms with Crippen molar-refractivity contribution in [2.24, 2.45) is 17.8 Å². The first kappa shape index (κ1) is 19.0. The van der Waals surface area contributed by atoms with Gasteiger partial charge >= 0.3 is 0 Å². The number of nitrogens with one attached hydrogen (secondary N) is 1. The van der Waals surface area contributed by atoms with Gasteiger partial charge in [-0.1, -0.05) is 25.5 Å². The zero-order valence-corrected chi connectivity index (χ0v) is 17.9. The molecule has 2 aromatic rings. The molecule has 0 atom stereocenters. The topological polar surface area (TPSA) is 58.1 Å². The Balaban J connectivity index is 1.24. The number of rotatable bonds is 7. The molecule has 4 rings (SSSR count). The van der Waals surface area contributed by atoms with Crippen LogP contribution in [0.15, 0.2) is 24.5 Å². The number of fused-ring (bicyclic) bond motifs is 1. The number of aryl methyl sites for hydroxylation is 1. The quantitative estimate of drug-likeness (QED) is 0.750. The molecule has 1 aromatic heterocycles. The SMILES string of the molecule is [2H]C1(N2CC(CC(=O)CNc3ncnc4ccc(C)cc34)C2)CCC(C(C)C)CC1. The van der Waals surface area contributed by atoms with Gasteiger partial charge in [0, 0.05) is 32.3 Å². The highest BCUT2D eigenvalue weighted by molar-refractivity contribution is 5.91. The number of likely N-dealkylation sites (tertiary alicyclic amines) is 1. The monoisotopic (exact) mass is 395 g/mol. The maximum Gasteiger partial charge on any atom is 0.152 e. The van der Waals surface area contributed by atoms with Gasteiger partial charge < -0.3 is 5.32 Å². The van der Waals surface area contributed by atoms with E-state index < -0.39 is 6.02 Å². The Morgan fingerprint density at radius 3 is 2.72 bits per heavy atom. The third-order valence-electron chi connectivity index (χ3n) is 6.71. The molecule has 1 aliphatic heterocycles. The lowest BCUT2D eigenvalue weighted by Gasteiger charge is -2.47. The Morgan fingerprint density at radius 2 is 2.00 bits per heavy atom. The highest BCUT2D eigenvalue weighted by Crippen LogP contribution is 2.35. The lowest BCUT2D eigenvalue weighted by atomic mass is 9.78. The van der Waals surface area contributed by atoms with Crippen molar-refractivity contribution in [1.82, 2.24) is 14.9 Å². The number of carbonyl (C=O) groups is 1. The summed E-state index contributed by atoms with van der Waals surface area (Å²) in [5, 5.41) is 4.17. The number of carbonyl (C=O) groups excluding carboxylic acids is 1. The molecule has 1 saturated heterocycles. The van der Waals surface area contributed by atoms with Gasteiger partial charge in [-0.15, -0.1) is 0 Å². The number of Topliss-reactive ketones (excluding diaryl/α,β-unsaturated/α-hetero) is 1. The predicted molar refractivity (Wildman–Crippen MR) is 118 cm³/mol. The number of ketones is 1. The van der Waals surface area contributed by atoms with Gasteiger partial charge in [0.2, 0.25) is 0 Å². The Labute approximate surface area is 175 Å². The maximum atomic E-state index is 12.5. The van der Waals surface area contributed by atoms with Gasteiger partial charge in [-0.3, -0.25) is 9.69 Å². The summed E-state index contributed by atoms with van der Waals surface area (Å²) in [4.78, 5) is 23.5. The molecule has 0 spiro atoms. The Morgan fingerprint density at radius 1 is 1.24 bits per heavy atom. The van der Waals surface area contributed by atoms with E-state index in [4.69, 9.17) is 1.37 Å². The van der Waals surface area contributed by atoms with Crippen molar-refractivity contribution in [3.05, 3.63) is 30.1 Å². The van der Waals surface area contributed by atoms with Gasteiger partial charge in [0.25, 0.3) is 0 Å². The summed E-state index contributed by atoms with van der Waals surface area (Å²) >= 11 is 0. The summed E-state index contributed by atoms with van der Waals surface area (Å²) in [6.07, 6.45) is 6.39. The van der Waals surface area contributed by atoms with Crippen LogP contribution in [0.25, 0.3) is 10.9 Å². The lowest BCUT2D eigenvalue weighted by molar-refractivity contribution is -0.120. The second kappa shape index (κ2) is 8.78. The van der Waals surface area contributed by atoms with Crippen LogP contribution < -0.4 is 5.32 Å². The average Bonchev–Trinajstić information content (AvgIpc) is 2.69. The standard InChI is InChI=1S/C24H34N4O/c1-16(2)19-5-7-20(8-6-19)28-13-18(14-28)11-21(29)12-25-24-22-10-17(3)4-9-23(22)26-15-27-24/h4,9-10,15-16,18-20H,5-8,11-14H2,1-3H3,(H,25,26,27)/i20D. The fraction of sp³-hybridized carbons (Fsp3) is 0.625. The summed E-state index contributed by atoms with van der Waals surface area (Å²) in [6.45, 7) is 8.70. The van der Waals surface area contributed by atoms with Crippen LogP contribution in [0.4, 0.5) is 5.82 Å². The predicted octanol–water partition coefficient (Wildman–Crippen LogP) is 4.46. The molecule has 5 heteroatoms. The van der Waals surface area contributed by atoms with E-state index in [1.807, 2.05) is 25.1 Å². The number of hydrogen-bond donors (Lipinski definition) is 1. The maximum absolute atomic E-state index is 12.5. The van der Waals surface area contributed by atoms with Gasteiger partial charge in [0.15, 0.2) is 5.78 Å². The van der Waals surface area contributed by atoms with Crippen LogP contribution in [-0.4, -0.2) is 46.3 Å². The van der Waals surface area contributed by atoms with E-state index in [-0.39, 0.29) is 5.78 Å². The van der Waals surface area contributed by atoms with Crippen LogP contribution in [0.1, 0.15) is 52.9 Å². The van der Waals surface area contributed by atoms with E-state index in [0.717, 1.165) is 72.9 Å². The van der Waals surface area contributed by atoms with Crippen molar-refractivity contribution in [1.29, 1.82) is 0 Å². The molecule has 1 aliphatic carbocycles. The Kier molecular flexibility index (Phi) is 5.75. The smallest absolute Gasteiger partial charge is 0.152 e. The molecular weight excluding hydrogens is 360 g/mol. The largest absolute Gasteiger partial charge is 0.362 e. The summed E-state index contributed by atoms with van der Waals surface area (Å²) in [5.41, 5.74) is 2.03. The molecule has 0 radical (unpaired) electrons. The van der Waals surface area contributed by atoms with E-state index in [1.165, 1.54) is 6.33 Å². The molecule has 0 amide bonds. The second-order valence-electron chi connectivity index (χ2n) is 9.26. The van der Waals surface area contributed by atoms with Crippen LogP contribution in [-0.2, 0) is 4.79 Å². The van der Waals surface area contributed by atoms with E-state index in [1.54, 1.807) is 0 Å². The number of hydrogen-bond acceptors (Lipinski definition) is 5. The molecule has 1 N–H and O–H groups in total. The molecule has 2 heterocycles. The van der Waals surface area contributed by atoms with E-state index in [0.29, 0.717) is 18.9 Å². The third kappa shape index (κ3) is 4.77. The van der Waals surface area contributed by atoms with Gasteiger partial charge in [-0.2, -0.15) is 0 Å². The van der Waals surface area contributed by atoms with Crippen molar-refractivity contribution < 1.29 is 6.17 Å². The first-order valence-electron chi connectivity index (χ1n) is 11.6. The van der Waals surface area contributed by atoms with Crippen LogP contribution >= 0.6 is 0 Å². The van der Waals surface area contributed by atoms with Gasteiger partial charge in [0.1, 0.15) is 12.1 Å². The molecule has 0 unspecified atom stereocenters. The highest BCUT2D eigenvalue weighted by Gasteiger charge is 2.35. The zero-order chi connectivity index (χ0) is 21.3. The zero-order valence-electron chi connectivity index (χ0n) is 18.9. The molecular formula is C24H34N4O. The average molecular weight is 396 g/mol. The van der Waals surface area contributed by atoms with E-state index >= 15 is 0 Å². The minimum Gasteiger partial charge on any atom is -0.362 e. The molecule has 156 valence electrons. The molecule has 2 aliphatic rings. The van der Waals surface area contributed by atoms with E-state index in [9.17, 15) is 4.79 Å². The van der Waals surface area contributed by atoms with Gasteiger partial charge in [-0.05, 0) is 62.5 Å². The van der Waals surface area contributed by atoms with Gasteiger partial charge in [-0.25, -0.2) is 9.97 Å². The fourth-order valence-electron chi connectivity index (χ4n) is 4.80. The molecule has 5 nitrogen and oxygen atoms in total. The second-order valence-corrected chi connectivity index (χ2v) is 9.26. The van der Waals surface area contributed by atoms with Crippen molar-refractivity contribution in [2.75, 3.05) is 25.0 Å². The summed E-state index contributed by atoms with van der Waals surface area (Å²) in [6, 6.07) is 5.66. The normalized spacial score (nSPS) is 26.3. The number of aromatic nitrogens is 2. The molecule has 2 fully saturated rings.